The van der Waals surface area contributed by atoms with Crippen molar-refractivity contribution in [2.24, 2.45) is 0 Å². The Morgan fingerprint density at radius 2 is 2.13 bits per heavy atom. The van der Waals surface area contributed by atoms with E-state index in [9.17, 15) is 19.7 Å². The van der Waals surface area contributed by atoms with Gasteiger partial charge in [-0.3, -0.25) is 24.4 Å². The minimum atomic E-state index is -0.769. The molecule has 11 heteroatoms. The minimum absolute atomic E-state index is 0.0467. The summed E-state index contributed by atoms with van der Waals surface area (Å²) >= 11 is 1.36. The number of nitro groups is 1. The van der Waals surface area contributed by atoms with Gasteiger partial charge in [-0.25, -0.2) is 9.78 Å². The molecule has 0 bridgehead atoms. The van der Waals surface area contributed by atoms with Gasteiger partial charge >= 0.3 is 5.76 Å². The third-order valence-corrected chi connectivity index (χ3v) is 5.55. The Labute approximate surface area is 173 Å². The number of benzene rings is 2. The Morgan fingerprint density at radius 1 is 1.33 bits per heavy atom. The quantitative estimate of drug-likeness (QED) is 0.328. The van der Waals surface area contributed by atoms with Crippen molar-refractivity contribution < 1.29 is 18.9 Å². The molecule has 0 radical (unpaired) electrons. The molecule has 10 nitrogen and oxygen atoms in total. The maximum Gasteiger partial charge on any atom is 0.420 e. The van der Waals surface area contributed by atoms with Gasteiger partial charge in [0.2, 0.25) is 5.91 Å². The van der Waals surface area contributed by atoms with E-state index in [1.54, 1.807) is 0 Å². The van der Waals surface area contributed by atoms with Crippen LogP contribution in [0.2, 0.25) is 0 Å². The Hall–Kier alpha value is -3.57. The molecular formula is C19H16N4O6S. The molecule has 2 aromatic carbocycles. The standard InChI is InChI=1S/C19H16N4O6S/c1-28-9-8-21(18-20-13-4-2-3-5-16(13)30-18)17(24)11-22-14-7-6-12(23(26)27)10-15(14)29-19(22)25/h2-7,10H,8-9,11H2,1H3. The predicted octanol–water partition coefficient (Wildman–Crippen LogP) is 2.79. The number of amides is 1. The SMILES string of the molecule is COCCN(C(=O)Cn1c(=O)oc2cc([N+](=O)[O-])ccc21)c1nc2ccccc2s1. The molecule has 2 aromatic heterocycles. The zero-order valence-electron chi connectivity index (χ0n) is 15.8. The minimum Gasteiger partial charge on any atom is -0.407 e. The van der Waals surface area contributed by atoms with Crippen molar-refractivity contribution in [3.05, 3.63) is 63.1 Å². The summed E-state index contributed by atoms with van der Waals surface area (Å²) in [6, 6.07) is 11.3. The Morgan fingerprint density at radius 3 is 2.87 bits per heavy atom. The van der Waals surface area contributed by atoms with Crippen LogP contribution in [0.25, 0.3) is 21.3 Å². The number of hydrogen-bond donors (Lipinski definition) is 0. The summed E-state index contributed by atoms with van der Waals surface area (Å²) in [4.78, 5) is 41.7. The predicted molar refractivity (Wildman–Crippen MR) is 111 cm³/mol. The van der Waals surface area contributed by atoms with Crippen molar-refractivity contribution in [1.82, 2.24) is 9.55 Å². The van der Waals surface area contributed by atoms with E-state index in [0.29, 0.717) is 10.6 Å². The summed E-state index contributed by atoms with van der Waals surface area (Å²) in [5, 5.41) is 11.4. The Bertz CT molecular complexity index is 1270. The van der Waals surface area contributed by atoms with E-state index in [2.05, 4.69) is 4.98 Å². The second-order valence-electron chi connectivity index (χ2n) is 6.37. The number of oxazole rings is 1. The number of anilines is 1. The lowest BCUT2D eigenvalue weighted by atomic mass is 10.3. The molecule has 4 aromatic rings. The third kappa shape index (κ3) is 3.67. The molecule has 0 unspecified atom stereocenters. The van der Waals surface area contributed by atoms with Crippen LogP contribution in [0.3, 0.4) is 0 Å². The fraction of sp³-hybridized carbons (Fsp3) is 0.211. The van der Waals surface area contributed by atoms with Crippen molar-refractivity contribution in [3.8, 4) is 0 Å². The van der Waals surface area contributed by atoms with Crippen molar-refractivity contribution in [2.75, 3.05) is 25.2 Å². The molecule has 0 saturated carbocycles. The second-order valence-corrected chi connectivity index (χ2v) is 7.37. The molecule has 0 aliphatic heterocycles. The van der Waals surface area contributed by atoms with Crippen LogP contribution in [-0.2, 0) is 16.1 Å². The van der Waals surface area contributed by atoms with Crippen LogP contribution in [-0.4, -0.2) is 40.6 Å². The first kappa shape index (κ1) is 19.7. The number of carbonyl (C=O) groups excluding carboxylic acids is 1. The van der Waals surface area contributed by atoms with Gasteiger partial charge < -0.3 is 9.15 Å². The largest absolute Gasteiger partial charge is 0.420 e. The molecule has 0 aliphatic rings. The number of nitro benzene ring substituents is 1. The summed E-state index contributed by atoms with van der Waals surface area (Å²) in [6.45, 7) is 0.239. The molecule has 0 N–H and O–H groups in total. The number of rotatable bonds is 7. The Balaban J connectivity index is 1.68. The van der Waals surface area contributed by atoms with E-state index in [-0.39, 0.29) is 36.9 Å². The number of fused-ring (bicyclic) bond motifs is 2. The van der Waals surface area contributed by atoms with Gasteiger partial charge in [0.05, 0.1) is 39.9 Å². The monoisotopic (exact) mass is 428 g/mol. The number of non-ortho nitro benzene ring substituents is 1. The highest BCUT2D eigenvalue weighted by atomic mass is 32.1. The van der Waals surface area contributed by atoms with Crippen molar-refractivity contribution in [1.29, 1.82) is 0 Å². The van der Waals surface area contributed by atoms with Crippen LogP contribution < -0.4 is 10.7 Å². The topological polar surface area (TPSA) is 121 Å². The second kappa shape index (κ2) is 8.05. The number of aromatic nitrogens is 2. The molecule has 4 rings (SSSR count). The zero-order valence-corrected chi connectivity index (χ0v) is 16.6. The number of ether oxygens (including phenoxy) is 1. The first-order valence-electron chi connectivity index (χ1n) is 8.90. The number of para-hydroxylation sites is 1. The maximum atomic E-state index is 13.1. The van der Waals surface area contributed by atoms with Gasteiger partial charge in [0.1, 0.15) is 6.54 Å². The average Bonchev–Trinajstić information content (AvgIpc) is 3.28. The number of carbonyl (C=O) groups is 1. The normalized spacial score (nSPS) is 11.2. The molecule has 2 heterocycles. The highest BCUT2D eigenvalue weighted by Gasteiger charge is 2.23. The highest BCUT2D eigenvalue weighted by molar-refractivity contribution is 7.22. The lowest BCUT2D eigenvalue weighted by molar-refractivity contribution is -0.384. The number of methoxy groups -OCH3 is 1. The van der Waals surface area contributed by atoms with Gasteiger partial charge in [0, 0.05) is 13.2 Å². The van der Waals surface area contributed by atoms with Crippen LogP contribution in [0.4, 0.5) is 10.8 Å². The fourth-order valence-corrected chi connectivity index (χ4v) is 4.03. The fourth-order valence-electron chi connectivity index (χ4n) is 3.02. The zero-order chi connectivity index (χ0) is 21.3. The van der Waals surface area contributed by atoms with Gasteiger partial charge in [-0.1, -0.05) is 23.5 Å². The van der Waals surface area contributed by atoms with Crippen LogP contribution in [0.1, 0.15) is 0 Å². The van der Waals surface area contributed by atoms with Crippen LogP contribution in [0.5, 0.6) is 0 Å². The van der Waals surface area contributed by atoms with Gasteiger partial charge in [-0.05, 0) is 18.2 Å². The molecule has 0 aliphatic carbocycles. The van der Waals surface area contributed by atoms with E-state index < -0.39 is 10.7 Å². The molecular weight excluding hydrogens is 412 g/mol. The van der Waals surface area contributed by atoms with E-state index in [0.717, 1.165) is 20.9 Å². The molecule has 0 atom stereocenters. The van der Waals surface area contributed by atoms with Gasteiger partial charge in [-0.2, -0.15) is 0 Å². The van der Waals surface area contributed by atoms with E-state index in [1.165, 1.54) is 35.5 Å². The van der Waals surface area contributed by atoms with Crippen molar-refractivity contribution >= 4 is 49.4 Å². The molecule has 1 amide bonds. The molecule has 30 heavy (non-hydrogen) atoms. The lowest BCUT2D eigenvalue weighted by Crippen LogP contribution is -2.37. The number of thiazole rings is 1. The third-order valence-electron chi connectivity index (χ3n) is 4.49. The first-order valence-corrected chi connectivity index (χ1v) is 9.72. The van der Waals surface area contributed by atoms with E-state index in [4.69, 9.17) is 9.15 Å². The molecule has 0 fully saturated rings. The maximum absolute atomic E-state index is 13.1. The van der Waals surface area contributed by atoms with Crippen molar-refractivity contribution in [2.45, 2.75) is 6.54 Å². The summed E-state index contributed by atoms with van der Waals surface area (Å²) in [5.74, 6) is -1.15. The summed E-state index contributed by atoms with van der Waals surface area (Å²) in [5.41, 5.74) is 0.914. The number of hydrogen-bond acceptors (Lipinski definition) is 8. The van der Waals surface area contributed by atoms with Crippen LogP contribution in [0.15, 0.2) is 51.7 Å². The molecule has 154 valence electrons. The van der Waals surface area contributed by atoms with Gasteiger partial charge in [0.15, 0.2) is 10.7 Å². The Kier molecular flexibility index (Phi) is 5.29. The summed E-state index contributed by atoms with van der Waals surface area (Å²) in [7, 11) is 1.53. The van der Waals surface area contributed by atoms with E-state index >= 15 is 0 Å². The lowest BCUT2D eigenvalue weighted by Gasteiger charge is -2.19. The van der Waals surface area contributed by atoms with Crippen LogP contribution in [0, 0.1) is 10.1 Å². The highest BCUT2D eigenvalue weighted by Crippen LogP contribution is 2.29. The van der Waals surface area contributed by atoms with Gasteiger partial charge in [0.25, 0.3) is 5.69 Å². The molecule has 0 saturated heterocycles. The van der Waals surface area contributed by atoms with E-state index in [1.807, 2.05) is 24.3 Å². The number of nitrogens with zero attached hydrogens (tertiary/aromatic N) is 4. The molecule has 0 spiro atoms. The van der Waals surface area contributed by atoms with Gasteiger partial charge in [-0.15, -0.1) is 0 Å². The summed E-state index contributed by atoms with van der Waals surface area (Å²) in [6.07, 6.45) is 0. The van der Waals surface area contributed by atoms with Crippen molar-refractivity contribution in [3.63, 3.8) is 0 Å². The smallest absolute Gasteiger partial charge is 0.407 e. The van der Waals surface area contributed by atoms with Crippen LogP contribution >= 0.6 is 11.3 Å². The first-order chi connectivity index (χ1) is 14.5. The average molecular weight is 428 g/mol. The summed E-state index contributed by atoms with van der Waals surface area (Å²) < 4.78 is 12.3.